The van der Waals surface area contributed by atoms with Gasteiger partial charge in [0, 0.05) is 38.3 Å². The van der Waals surface area contributed by atoms with Gasteiger partial charge in [0.05, 0.1) is 16.6 Å². The molecule has 1 aromatic heterocycles. The molecule has 1 fully saturated rings. The van der Waals surface area contributed by atoms with Crippen molar-refractivity contribution in [2.75, 3.05) is 13.1 Å². The highest BCUT2D eigenvalue weighted by molar-refractivity contribution is 7.89. The molecule has 0 saturated carbocycles. The molecule has 1 aromatic carbocycles. The van der Waals surface area contributed by atoms with Gasteiger partial charge in [-0.05, 0) is 50.8 Å². The van der Waals surface area contributed by atoms with Gasteiger partial charge in [0.25, 0.3) is 0 Å². The van der Waals surface area contributed by atoms with Crippen LogP contribution in [0.1, 0.15) is 43.5 Å². The van der Waals surface area contributed by atoms with Gasteiger partial charge in [-0.2, -0.15) is 9.40 Å². The lowest BCUT2D eigenvalue weighted by Crippen LogP contribution is -2.39. The number of aryl methyl sites for hydroxylation is 2. The molecule has 0 spiro atoms. The minimum absolute atomic E-state index is 0.0330. The molecule has 0 radical (unpaired) electrons. The highest BCUT2D eigenvalue weighted by atomic mass is 32.2. The average Bonchev–Trinajstić information content (AvgIpc) is 3.00. The second kappa shape index (κ2) is 8.62. The Morgan fingerprint density at radius 1 is 1.34 bits per heavy atom. The fraction of sp³-hybridized carbons (Fsp3) is 0.500. The number of carbonyl (C=O) groups is 1. The molecule has 7 nitrogen and oxygen atoms in total. The fourth-order valence-corrected chi connectivity index (χ4v) is 5.32. The van der Waals surface area contributed by atoms with Crippen LogP contribution in [-0.2, 0) is 21.9 Å². The summed E-state index contributed by atoms with van der Waals surface area (Å²) in [4.78, 5) is 12.4. The van der Waals surface area contributed by atoms with Crippen LogP contribution in [0.15, 0.2) is 35.4 Å². The maximum absolute atomic E-state index is 13.4. The van der Waals surface area contributed by atoms with Gasteiger partial charge in [0.1, 0.15) is 5.82 Å². The summed E-state index contributed by atoms with van der Waals surface area (Å²) in [7, 11) is -1.87. The van der Waals surface area contributed by atoms with E-state index in [1.54, 1.807) is 4.68 Å². The first-order chi connectivity index (χ1) is 13.7. The molecule has 1 atom stereocenters. The van der Waals surface area contributed by atoms with E-state index in [1.807, 2.05) is 27.1 Å². The van der Waals surface area contributed by atoms with E-state index in [9.17, 15) is 17.6 Å². The van der Waals surface area contributed by atoms with Crippen LogP contribution < -0.4 is 5.32 Å². The molecule has 2 aromatic rings. The Balaban J connectivity index is 1.53. The van der Waals surface area contributed by atoms with Crippen LogP contribution in [0.3, 0.4) is 0 Å². The molecule has 1 aliphatic heterocycles. The van der Waals surface area contributed by atoms with Crippen molar-refractivity contribution < 1.29 is 17.6 Å². The van der Waals surface area contributed by atoms with Crippen LogP contribution in [0.2, 0.25) is 0 Å². The van der Waals surface area contributed by atoms with Crippen molar-refractivity contribution in [3.63, 3.8) is 0 Å². The third-order valence-corrected chi connectivity index (χ3v) is 7.27. The molecule has 1 amide bonds. The second-order valence-corrected chi connectivity index (χ2v) is 9.58. The van der Waals surface area contributed by atoms with E-state index in [1.165, 1.54) is 22.5 Å². The van der Waals surface area contributed by atoms with Crippen molar-refractivity contribution in [3.8, 4) is 0 Å². The normalized spacial score (nSPS) is 17.2. The molecule has 1 N–H and O–H groups in total. The van der Waals surface area contributed by atoms with Crippen molar-refractivity contribution in [1.29, 1.82) is 0 Å². The molecule has 0 unspecified atom stereocenters. The van der Waals surface area contributed by atoms with Crippen LogP contribution in [0.4, 0.5) is 4.39 Å². The van der Waals surface area contributed by atoms with Gasteiger partial charge in [-0.1, -0.05) is 6.07 Å². The number of hydrogen-bond acceptors (Lipinski definition) is 4. The van der Waals surface area contributed by atoms with Gasteiger partial charge in [-0.25, -0.2) is 12.8 Å². The topological polar surface area (TPSA) is 84.3 Å². The molecule has 2 heterocycles. The first kappa shape index (κ1) is 21.4. The number of sulfonamides is 1. The van der Waals surface area contributed by atoms with Crippen molar-refractivity contribution in [2.45, 2.75) is 44.0 Å². The number of halogens is 1. The summed E-state index contributed by atoms with van der Waals surface area (Å²) in [5, 5.41) is 7.30. The summed E-state index contributed by atoms with van der Waals surface area (Å²) < 4.78 is 41.8. The first-order valence-corrected chi connectivity index (χ1v) is 11.2. The SMILES string of the molecule is Cc1nn(C)cc1[C@H](C)NC(=O)CC1CCN(S(=O)(=O)c2cccc(F)c2)CC1. The van der Waals surface area contributed by atoms with Gasteiger partial charge < -0.3 is 5.32 Å². The Bertz CT molecular complexity index is 981. The van der Waals surface area contributed by atoms with E-state index in [-0.39, 0.29) is 22.8 Å². The van der Waals surface area contributed by atoms with Crippen molar-refractivity contribution in [1.82, 2.24) is 19.4 Å². The van der Waals surface area contributed by atoms with Gasteiger partial charge in [0.2, 0.25) is 15.9 Å². The minimum atomic E-state index is -3.71. The smallest absolute Gasteiger partial charge is 0.243 e. The first-order valence-electron chi connectivity index (χ1n) is 9.72. The van der Waals surface area contributed by atoms with Crippen LogP contribution >= 0.6 is 0 Å². The molecule has 9 heteroatoms. The molecule has 158 valence electrons. The quantitative estimate of drug-likeness (QED) is 0.775. The number of benzene rings is 1. The molecular weight excluding hydrogens is 395 g/mol. The third-order valence-electron chi connectivity index (χ3n) is 5.38. The van der Waals surface area contributed by atoms with Crippen molar-refractivity contribution in [3.05, 3.63) is 47.5 Å². The van der Waals surface area contributed by atoms with Gasteiger partial charge in [-0.15, -0.1) is 0 Å². The van der Waals surface area contributed by atoms with E-state index < -0.39 is 15.8 Å². The number of piperidine rings is 1. The lowest BCUT2D eigenvalue weighted by Gasteiger charge is -2.31. The Morgan fingerprint density at radius 2 is 2.03 bits per heavy atom. The highest BCUT2D eigenvalue weighted by Crippen LogP contribution is 2.26. The maximum atomic E-state index is 13.4. The molecule has 29 heavy (non-hydrogen) atoms. The lowest BCUT2D eigenvalue weighted by atomic mass is 9.94. The van der Waals surface area contributed by atoms with Gasteiger partial charge in [0.15, 0.2) is 0 Å². The van der Waals surface area contributed by atoms with Crippen LogP contribution in [0.5, 0.6) is 0 Å². The molecule has 1 saturated heterocycles. The van der Waals surface area contributed by atoms with Crippen LogP contribution in [0, 0.1) is 18.7 Å². The Kier molecular flexibility index (Phi) is 6.38. The van der Waals surface area contributed by atoms with E-state index in [4.69, 9.17) is 0 Å². The van der Waals surface area contributed by atoms with Crippen molar-refractivity contribution in [2.24, 2.45) is 13.0 Å². The highest BCUT2D eigenvalue weighted by Gasteiger charge is 2.30. The van der Waals surface area contributed by atoms with E-state index in [2.05, 4.69) is 10.4 Å². The minimum Gasteiger partial charge on any atom is -0.349 e. The van der Waals surface area contributed by atoms with E-state index >= 15 is 0 Å². The zero-order valence-corrected chi connectivity index (χ0v) is 17.7. The summed E-state index contributed by atoms with van der Waals surface area (Å²) in [5.74, 6) is -0.501. The van der Waals surface area contributed by atoms with Crippen LogP contribution in [-0.4, -0.2) is 41.5 Å². The molecular formula is C20H27FN4O3S. The molecule has 0 bridgehead atoms. The molecule has 0 aliphatic carbocycles. The summed E-state index contributed by atoms with van der Waals surface area (Å²) in [5.41, 5.74) is 1.87. The number of hydrogen-bond donors (Lipinski definition) is 1. The van der Waals surface area contributed by atoms with Gasteiger partial charge in [-0.3, -0.25) is 9.48 Å². The molecule has 1 aliphatic rings. The third kappa shape index (κ3) is 5.02. The summed E-state index contributed by atoms with van der Waals surface area (Å²) in [6, 6.07) is 4.92. The predicted molar refractivity (Wildman–Crippen MR) is 107 cm³/mol. The fourth-order valence-electron chi connectivity index (χ4n) is 3.81. The average molecular weight is 423 g/mol. The van der Waals surface area contributed by atoms with Crippen LogP contribution in [0.25, 0.3) is 0 Å². The Morgan fingerprint density at radius 3 is 2.62 bits per heavy atom. The van der Waals surface area contributed by atoms with Crippen molar-refractivity contribution >= 4 is 15.9 Å². The number of carbonyl (C=O) groups excluding carboxylic acids is 1. The van der Waals surface area contributed by atoms with Gasteiger partial charge >= 0.3 is 0 Å². The number of amides is 1. The predicted octanol–water partition coefficient (Wildman–Crippen LogP) is 2.54. The standard InChI is InChI=1S/C20H27FN4O3S/c1-14(19-13-24(3)23-15(19)2)22-20(26)11-16-7-9-25(10-8-16)29(27,28)18-6-4-5-17(21)12-18/h4-6,12-14,16H,7-11H2,1-3H3,(H,22,26)/t14-/m0/s1. The Labute approximate surface area is 171 Å². The number of rotatable bonds is 6. The number of nitrogens with one attached hydrogen (secondary N) is 1. The van der Waals surface area contributed by atoms with E-state index in [0.29, 0.717) is 32.4 Å². The zero-order chi connectivity index (χ0) is 21.2. The Hall–Kier alpha value is -2.26. The maximum Gasteiger partial charge on any atom is 0.243 e. The summed E-state index contributed by atoms with van der Waals surface area (Å²) >= 11 is 0. The number of aromatic nitrogens is 2. The largest absolute Gasteiger partial charge is 0.349 e. The monoisotopic (exact) mass is 422 g/mol. The zero-order valence-electron chi connectivity index (χ0n) is 16.9. The number of nitrogens with zero attached hydrogens (tertiary/aromatic N) is 3. The lowest BCUT2D eigenvalue weighted by molar-refractivity contribution is -0.122. The van der Waals surface area contributed by atoms with E-state index in [0.717, 1.165) is 17.3 Å². The second-order valence-electron chi connectivity index (χ2n) is 7.64. The molecule has 3 rings (SSSR count). The summed E-state index contributed by atoms with van der Waals surface area (Å²) in [6.45, 7) is 4.49. The summed E-state index contributed by atoms with van der Waals surface area (Å²) in [6.07, 6.45) is 3.46.